The van der Waals surface area contributed by atoms with Crippen LogP contribution in [0.4, 0.5) is 0 Å². The molecule has 2 aromatic rings. The smallest absolute Gasteiger partial charge is 0.246 e. The van der Waals surface area contributed by atoms with Gasteiger partial charge in [0.1, 0.15) is 24.8 Å². The number of imidazole rings is 2. The van der Waals surface area contributed by atoms with Crippen molar-refractivity contribution in [1.82, 2.24) is 9.13 Å². The third-order valence-corrected chi connectivity index (χ3v) is 3.91. The van der Waals surface area contributed by atoms with Crippen molar-refractivity contribution in [3.63, 3.8) is 0 Å². The normalized spacial score (nSPS) is 10.8. The minimum absolute atomic E-state index is 0.479. The highest BCUT2D eigenvalue weighted by Gasteiger charge is 2.04. The van der Waals surface area contributed by atoms with E-state index in [-0.39, 0.29) is 0 Å². The molecule has 2 heterocycles. The SMILES string of the molecule is C=CCS(=O)(=O)[O-].C=CCS(=O)(=O)[O-].Cn1cc[n+](C[n+]2ccn(C)c2)c1. The van der Waals surface area contributed by atoms with Crippen LogP contribution in [0.1, 0.15) is 0 Å². The van der Waals surface area contributed by atoms with Crippen molar-refractivity contribution in [3.8, 4) is 0 Å². The van der Waals surface area contributed by atoms with Gasteiger partial charge in [-0.1, -0.05) is 12.2 Å². The minimum Gasteiger partial charge on any atom is -0.748 e. The summed E-state index contributed by atoms with van der Waals surface area (Å²) in [6.07, 6.45) is 14.4. The number of nitrogens with zero attached hydrogens (tertiary/aromatic N) is 4. The molecule has 0 saturated heterocycles. The predicted molar refractivity (Wildman–Crippen MR) is 96.1 cm³/mol. The van der Waals surface area contributed by atoms with E-state index in [1.165, 1.54) is 0 Å². The average Bonchev–Trinajstić information content (AvgIpc) is 3.07. The Balaban J connectivity index is 0.000000416. The van der Waals surface area contributed by atoms with E-state index >= 15 is 0 Å². The zero-order valence-corrected chi connectivity index (χ0v) is 16.8. The number of hydrogen-bond acceptors (Lipinski definition) is 6. The molecule has 0 aliphatic carbocycles. The van der Waals surface area contributed by atoms with Crippen LogP contribution in [0.2, 0.25) is 0 Å². The largest absolute Gasteiger partial charge is 0.748 e. The van der Waals surface area contributed by atoms with Gasteiger partial charge in [0.25, 0.3) is 0 Å². The fraction of sp³-hybridized carbons (Fsp3) is 0.333. The highest BCUT2D eigenvalue weighted by Crippen LogP contribution is 1.79. The van der Waals surface area contributed by atoms with Gasteiger partial charge in [-0.2, -0.15) is 9.13 Å². The van der Waals surface area contributed by atoms with Gasteiger partial charge in [-0.15, -0.1) is 13.2 Å². The molecule has 0 radical (unpaired) electrons. The Hall–Kier alpha value is -2.28. The molecule has 0 aromatic carbocycles. The van der Waals surface area contributed by atoms with Gasteiger partial charge in [0.15, 0.2) is 0 Å². The van der Waals surface area contributed by atoms with Crippen molar-refractivity contribution in [2.75, 3.05) is 11.5 Å². The summed E-state index contributed by atoms with van der Waals surface area (Å²) >= 11 is 0. The summed E-state index contributed by atoms with van der Waals surface area (Å²) in [7, 11) is -4.04. The lowest BCUT2D eigenvalue weighted by Crippen LogP contribution is -2.49. The molecular formula is C15H24N4O6S2. The molecule has 2 aromatic heterocycles. The second-order valence-corrected chi connectivity index (χ2v) is 8.25. The van der Waals surface area contributed by atoms with Crippen LogP contribution in [0.5, 0.6) is 0 Å². The van der Waals surface area contributed by atoms with Gasteiger partial charge in [0, 0.05) is 0 Å². The Morgan fingerprint density at radius 2 is 1.19 bits per heavy atom. The third kappa shape index (κ3) is 14.6. The highest BCUT2D eigenvalue weighted by molar-refractivity contribution is 7.86. The Morgan fingerprint density at radius 3 is 1.33 bits per heavy atom. The van der Waals surface area contributed by atoms with E-state index in [4.69, 9.17) is 0 Å². The van der Waals surface area contributed by atoms with Crippen LogP contribution in [0.25, 0.3) is 0 Å². The summed E-state index contributed by atoms with van der Waals surface area (Å²) < 4.78 is 65.9. The van der Waals surface area contributed by atoms with Gasteiger partial charge in [0.05, 0.1) is 45.8 Å². The van der Waals surface area contributed by atoms with Gasteiger partial charge < -0.3 is 9.11 Å². The van der Waals surface area contributed by atoms with E-state index in [1.807, 2.05) is 35.6 Å². The van der Waals surface area contributed by atoms with Crippen molar-refractivity contribution in [2.45, 2.75) is 6.67 Å². The average molecular weight is 421 g/mol. The molecule has 2 rings (SSSR count). The van der Waals surface area contributed by atoms with Crippen molar-refractivity contribution in [2.24, 2.45) is 14.1 Å². The van der Waals surface area contributed by atoms with E-state index < -0.39 is 31.7 Å². The molecule has 0 spiro atoms. The first-order chi connectivity index (χ1) is 12.4. The van der Waals surface area contributed by atoms with E-state index in [0.717, 1.165) is 18.8 Å². The van der Waals surface area contributed by atoms with Gasteiger partial charge in [-0.05, 0) is 0 Å². The van der Waals surface area contributed by atoms with E-state index in [9.17, 15) is 25.9 Å². The molecule has 0 aliphatic heterocycles. The predicted octanol–water partition coefficient (Wildman–Crippen LogP) is -1.12. The molecule has 0 amide bonds. The van der Waals surface area contributed by atoms with E-state index in [1.54, 1.807) is 0 Å². The zero-order chi connectivity index (χ0) is 21.1. The highest BCUT2D eigenvalue weighted by atomic mass is 32.2. The lowest BCUT2D eigenvalue weighted by molar-refractivity contribution is -0.912. The Labute approximate surface area is 159 Å². The number of aryl methyl sites for hydroxylation is 2. The molecule has 12 heteroatoms. The summed E-state index contributed by atoms with van der Waals surface area (Å²) in [5.74, 6) is -0.958. The lowest BCUT2D eigenvalue weighted by atomic mass is 10.8. The molecule has 0 bridgehead atoms. The Morgan fingerprint density at radius 1 is 0.852 bits per heavy atom. The molecule has 152 valence electrons. The summed E-state index contributed by atoms with van der Waals surface area (Å²) in [5.41, 5.74) is 0. The number of hydrogen-bond donors (Lipinski definition) is 0. The molecule has 0 saturated carbocycles. The van der Waals surface area contributed by atoms with Gasteiger partial charge in [-0.3, -0.25) is 0 Å². The third-order valence-electron chi connectivity index (χ3n) is 2.62. The molecular weight excluding hydrogens is 396 g/mol. The van der Waals surface area contributed by atoms with Crippen molar-refractivity contribution in [1.29, 1.82) is 0 Å². The van der Waals surface area contributed by atoms with Crippen LogP contribution in [-0.4, -0.2) is 46.6 Å². The molecule has 0 N–H and O–H groups in total. The minimum atomic E-state index is -4.04. The second-order valence-electron chi connectivity index (χ2n) is 5.35. The van der Waals surface area contributed by atoms with Crippen LogP contribution in [0.3, 0.4) is 0 Å². The lowest BCUT2D eigenvalue weighted by Gasteiger charge is -1.98. The summed E-state index contributed by atoms with van der Waals surface area (Å²) in [5, 5.41) is 0. The molecule has 27 heavy (non-hydrogen) atoms. The fourth-order valence-corrected chi connectivity index (χ4v) is 2.23. The van der Waals surface area contributed by atoms with Crippen LogP contribution in [0.15, 0.2) is 62.8 Å². The molecule has 0 atom stereocenters. The molecule has 0 aliphatic rings. The van der Waals surface area contributed by atoms with Crippen LogP contribution in [-0.2, 0) is 41.0 Å². The Bertz CT molecular complexity index is 853. The quantitative estimate of drug-likeness (QED) is 0.330. The number of rotatable bonds is 6. The first kappa shape index (κ1) is 24.7. The fourth-order valence-electron chi connectivity index (χ4n) is 1.65. The van der Waals surface area contributed by atoms with E-state index in [0.29, 0.717) is 0 Å². The van der Waals surface area contributed by atoms with Crippen LogP contribution in [0, 0.1) is 0 Å². The molecule has 0 fully saturated rings. The zero-order valence-electron chi connectivity index (χ0n) is 15.2. The van der Waals surface area contributed by atoms with Gasteiger partial charge >= 0.3 is 0 Å². The van der Waals surface area contributed by atoms with Crippen molar-refractivity contribution in [3.05, 3.63) is 62.8 Å². The maximum Gasteiger partial charge on any atom is 0.246 e. The second kappa shape index (κ2) is 11.4. The van der Waals surface area contributed by atoms with Crippen LogP contribution >= 0.6 is 0 Å². The summed E-state index contributed by atoms with van der Waals surface area (Å²) in [6, 6.07) is 0. The molecule has 0 unspecified atom stereocenters. The van der Waals surface area contributed by atoms with Gasteiger partial charge in [0.2, 0.25) is 19.3 Å². The first-order valence-corrected chi connectivity index (χ1v) is 10.6. The van der Waals surface area contributed by atoms with Crippen molar-refractivity contribution < 1.29 is 35.1 Å². The molecule has 10 nitrogen and oxygen atoms in total. The standard InChI is InChI=1S/C9H14N4.2C3H6O3S/c1-10-3-5-12(7-10)9-13-6-4-11(2)8-13;2*1-2-3-7(4,5)6/h3-8H,9H2,1-2H3;2*2H,1,3H2,(H,4,5,6)/q+2;;/p-2. The summed E-state index contributed by atoms with van der Waals surface area (Å²) in [6.45, 7) is 7.00. The number of aromatic nitrogens is 4. The summed E-state index contributed by atoms with van der Waals surface area (Å²) in [4.78, 5) is 0. The maximum atomic E-state index is 9.60. The Kier molecular flexibility index (Phi) is 10.5. The topological polar surface area (TPSA) is 132 Å². The van der Waals surface area contributed by atoms with Gasteiger partial charge in [-0.25, -0.2) is 26.0 Å². The maximum absolute atomic E-state index is 9.60. The van der Waals surface area contributed by atoms with Crippen LogP contribution < -0.4 is 9.13 Å². The van der Waals surface area contributed by atoms with Crippen molar-refractivity contribution >= 4 is 20.2 Å². The van der Waals surface area contributed by atoms with E-state index in [2.05, 4.69) is 47.3 Å². The first-order valence-electron chi connectivity index (χ1n) is 7.47. The monoisotopic (exact) mass is 420 g/mol.